The topological polar surface area (TPSA) is 59.2 Å². The molecule has 2 rings (SSSR count). The van der Waals surface area contributed by atoms with E-state index in [1.54, 1.807) is 0 Å². The molecular weight excluding hydrogens is 170 g/mol. The highest BCUT2D eigenvalue weighted by Gasteiger charge is 2.25. The summed E-state index contributed by atoms with van der Waals surface area (Å²) in [6.07, 6.45) is 1.63. The molecule has 1 aliphatic rings. The summed E-state index contributed by atoms with van der Waals surface area (Å²) >= 11 is 0. The van der Waals surface area contributed by atoms with Crippen molar-refractivity contribution in [2.24, 2.45) is 0 Å². The van der Waals surface area contributed by atoms with Crippen LogP contribution in [0, 0.1) is 0 Å². The van der Waals surface area contributed by atoms with Gasteiger partial charge in [0.2, 0.25) is 11.7 Å². The Morgan fingerprint density at radius 2 is 2.54 bits per heavy atom. The van der Waals surface area contributed by atoms with Crippen LogP contribution in [0.15, 0.2) is 4.52 Å². The number of rotatable bonds is 2. The lowest BCUT2D eigenvalue weighted by atomic mass is 10.1. The molecular formula is C8H11N3O2. The minimum absolute atomic E-state index is 0.143. The van der Waals surface area contributed by atoms with Crippen molar-refractivity contribution in [3.05, 3.63) is 11.7 Å². The first-order chi connectivity index (χ1) is 6.29. The number of aldehydes is 1. The van der Waals surface area contributed by atoms with Crippen LogP contribution >= 0.6 is 0 Å². The zero-order valence-corrected chi connectivity index (χ0v) is 7.43. The summed E-state index contributed by atoms with van der Waals surface area (Å²) in [4.78, 5) is 16.5. The van der Waals surface area contributed by atoms with Gasteiger partial charge in [-0.15, -0.1) is 0 Å². The zero-order chi connectivity index (χ0) is 9.26. The van der Waals surface area contributed by atoms with E-state index in [2.05, 4.69) is 22.1 Å². The predicted molar refractivity (Wildman–Crippen MR) is 44.5 cm³/mol. The molecule has 1 unspecified atom stereocenters. The fourth-order valence-electron chi connectivity index (χ4n) is 1.60. The summed E-state index contributed by atoms with van der Waals surface area (Å²) in [7, 11) is 2.05. The number of carbonyl (C=O) groups is 1. The molecule has 5 heteroatoms. The lowest BCUT2D eigenvalue weighted by molar-refractivity contribution is 0.111. The van der Waals surface area contributed by atoms with Crippen molar-refractivity contribution in [1.82, 2.24) is 15.0 Å². The van der Waals surface area contributed by atoms with E-state index in [9.17, 15) is 4.79 Å². The molecule has 1 atom stereocenters. The molecule has 1 saturated heterocycles. The van der Waals surface area contributed by atoms with E-state index in [0.717, 1.165) is 19.5 Å². The molecule has 1 aromatic heterocycles. The fourth-order valence-corrected chi connectivity index (χ4v) is 1.60. The Morgan fingerprint density at radius 3 is 3.08 bits per heavy atom. The minimum Gasteiger partial charge on any atom is -0.339 e. The summed E-state index contributed by atoms with van der Waals surface area (Å²) in [5.41, 5.74) is 0. The quantitative estimate of drug-likeness (QED) is 0.614. The smallest absolute Gasteiger partial charge is 0.235 e. The van der Waals surface area contributed by atoms with Crippen molar-refractivity contribution >= 4 is 6.29 Å². The first-order valence-corrected chi connectivity index (χ1v) is 4.27. The maximum Gasteiger partial charge on any atom is 0.235 e. The Bertz CT molecular complexity index is 310. The molecule has 13 heavy (non-hydrogen) atoms. The number of carbonyl (C=O) groups excluding carboxylic acids is 1. The molecule has 1 fully saturated rings. The van der Waals surface area contributed by atoms with Gasteiger partial charge in [0.1, 0.15) is 0 Å². The number of hydrogen-bond acceptors (Lipinski definition) is 5. The summed E-state index contributed by atoms with van der Waals surface area (Å²) in [6, 6.07) is 0. The van der Waals surface area contributed by atoms with Crippen molar-refractivity contribution in [3.63, 3.8) is 0 Å². The van der Waals surface area contributed by atoms with Crippen molar-refractivity contribution < 1.29 is 9.32 Å². The second-order valence-electron chi connectivity index (χ2n) is 3.36. The van der Waals surface area contributed by atoms with Gasteiger partial charge in [0.15, 0.2) is 6.29 Å². The largest absolute Gasteiger partial charge is 0.339 e. The third-order valence-corrected chi connectivity index (χ3v) is 2.30. The molecule has 0 aliphatic carbocycles. The standard InChI is InChI=1S/C8H11N3O2/c1-11-3-2-6(4-11)8-9-7(5-12)10-13-8/h5-6H,2-4H2,1H3. The van der Waals surface area contributed by atoms with E-state index in [1.807, 2.05) is 0 Å². The molecule has 5 nitrogen and oxygen atoms in total. The molecule has 1 aliphatic heterocycles. The normalized spacial score (nSPS) is 23.6. The third-order valence-electron chi connectivity index (χ3n) is 2.30. The van der Waals surface area contributed by atoms with E-state index in [4.69, 9.17) is 4.52 Å². The van der Waals surface area contributed by atoms with Crippen LogP contribution in [0.4, 0.5) is 0 Å². The van der Waals surface area contributed by atoms with Gasteiger partial charge in [-0.2, -0.15) is 4.98 Å². The summed E-state index contributed by atoms with van der Waals surface area (Å²) in [6.45, 7) is 1.98. The van der Waals surface area contributed by atoms with Crippen LogP contribution in [-0.2, 0) is 0 Å². The van der Waals surface area contributed by atoms with Crippen molar-refractivity contribution in [3.8, 4) is 0 Å². The summed E-state index contributed by atoms with van der Waals surface area (Å²) < 4.78 is 4.97. The van der Waals surface area contributed by atoms with Crippen LogP contribution in [0.3, 0.4) is 0 Å². The van der Waals surface area contributed by atoms with Crippen LogP contribution < -0.4 is 0 Å². The first kappa shape index (κ1) is 8.37. The Morgan fingerprint density at radius 1 is 1.69 bits per heavy atom. The maximum atomic E-state index is 10.3. The number of aromatic nitrogens is 2. The third kappa shape index (κ3) is 1.60. The second kappa shape index (κ2) is 3.26. The monoisotopic (exact) mass is 181 g/mol. The Hall–Kier alpha value is -1.23. The van der Waals surface area contributed by atoms with Crippen molar-refractivity contribution in [2.75, 3.05) is 20.1 Å². The molecule has 0 bridgehead atoms. The zero-order valence-electron chi connectivity index (χ0n) is 7.43. The van der Waals surface area contributed by atoms with Gasteiger partial charge in [-0.3, -0.25) is 4.79 Å². The molecule has 0 amide bonds. The molecule has 0 saturated carbocycles. The van der Waals surface area contributed by atoms with E-state index in [1.165, 1.54) is 0 Å². The van der Waals surface area contributed by atoms with Crippen LogP contribution in [0.25, 0.3) is 0 Å². The lowest BCUT2D eigenvalue weighted by Crippen LogP contribution is -2.13. The number of likely N-dealkylation sites (tertiary alicyclic amines) is 1. The molecule has 0 aromatic carbocycles. The predicted octanol–water partition coefficient (Wildman–Crippen LogP) is 0.301. The van der Waals surface area contributed by atoms with E-state index >= 15 is 0 Å². The van der Waals surface area contributed by atoms with Gasteiger partial charge in [0, 0.05) is 6.54 Å². The van der Waals surface area contributed by atoms with Gasteiger partial charge in [0.25, 0.3) is 0 Å². The molecule has 1 aromatic rings. The van der Waals surface area contributed by atoms with Gasteiger partial charge in [-0.25, -0.2) is 0 Å². The van der Waals surface area contributed by atoms with Crippen LogP contribution in [-0.4, -0.2) is 41.5 Å². The van der Waals surface area contributed by atoms with Gasteiger partial charge in [0.05, 0.1) is 5.92 Å². The first-order valence-electron chi connectivity index (χ1n) is 4.27. The van der Waals surface area contributed by atoms with Crippen LogP contribution in [0.5, 0.6) is 0 Å². The molecule has 0 radical (unpaired) electrons. The highest BCUT2D eigenvalue weighted by atomic mass is 16.5. The van der Waals surface area contributed by atoms with Gasteiger partial charge >= 0.3 is 0 Å². The summed E-state index contributed by atoms with van der Waals surface area (Å²) in [5, 5.41) is 3.53. The average molecular weight is 181 g/mol. The molecule has 2 heterocycles. The van der Waals surface area contributed by atoms with Gasteiger partial charge < -0.3 is 9.42 Å². The van der Waals surface area contributed by atoms with Gasteiger partial charge in [-0.1, -0.05) is 5.16 Å². The molecule has 70 valence electrons. The SMILES string of the molecule is CN1CCC(c2nc(C=O)no2)C1. The maximum absolute atomic E-state index is 10.3. The second-order valence-corrected chi connectivity index (χ2v) is 3.36. The number of nitrogens with zero attached hydrogens (tertiary/aromatic N) is 3. The number of likely N-dealkylation sites (N-methyl/N-ethyl adjacent to an activating group) is 1. The Labute approximate surface area is 75.7 Å². The highest BCUT2D eigenvalue weighted by Crippen LogP contribution is 2.24. The van der Waals surface area contributed by atoms with Gasteiger partial charge in [-0.05, 0) is 20.0 Å². The molecule has 0 N–H and O–H groups in total. The van der Waals surface area contributed by atoms with E-state index in [0.29, 0.717) is 18.1 Å². The van der Waals surface area contributed by atoms with Crippen LogP contribution in [0.1, 0.15) is 28.8 Å². The molecule has 0 spiro atoms. The van der Waals surface area contributed by atoms with Crippen molar-refractivity contribution in [2.45, 2.75) is 12.3 Å². The lowest BCUT2D eigenvalue weighted by Gasteiger charge is -2.04. The van der Waals surface area contributed by atoms with E-state index < -0.39 is 0 Å². The summed E-state index contributed by atoms with van der Waals surface area (Å²) in [5.74, 6) is 1.03. The van der Waals surface area contributed by atoms with E-state index in [-0.39, 0.29) is 5.82 Å². The average Bonchev–Trinajstić information content (AvgIpc) is 2.71. The number of hydrogen-bond donors (Lipinski definition) is 0. The fraction of sp³-hybridized carbons (Fsp3) is 0.625. The minimum atomic E-state index is 0.143. The Balaban J connectivity index is 2.12. The van der Waals surface area contributed by atoms with Crippen LogP contribution in [0.2, 0.25) is 0 Å². The Kier molecular flexibility index (Phi) is 2.10. The highest BCUT2D eigenvalue weighted by molar-refractivity contribution is 5.68. The van der Waals surface area contributed by atoms with Crippen molar-refractivity contribution in [1.29, 1.82) is 0 Å².